The van der Waals surface area contributed by atoms with Gasteiger partial charge in [0, 0.05) is 25.2 Å². The van der Waals surface area contributed by atoms with Gasteiger partial charge >= 0.3 is 0 Å². The van der Waals surface area contributed by atoms with E-state index in [4.69, 9.17) is 0 Å². The summed E-state index contributed by atoms with van der Waals surface area (Å²) in [6.45, 7) is 2.32. The summed E-state index contributed by atoms with van der Waals surface area (Å²) >= 11 is 0. The third kappa shape index (κ3) is 4.45. The molecular formula is C24H33N3O. The van der Waals surface area contributed by atoms with Gasteiger partial charge in [0.25, 0.3) is 0 Å². The van der Waals surface area contributed by atoms with Crippen LogP contribution in [0.1, 0.15) is 24.0 Å². The summed E-state index contributed by atoms with van der Waals surface area (Å²) in [4.78, 5) is 17.7. The Balaban J connectivity index is 1.70. The number of amides is 1. The molecule has 0 radical (unpaired) electrons. The Bertz CT molecular complexity index is 737. The Morgan fingerprint density at radius 2 is 1.61 bits per heavy atom. The molecule has 4 nitrogen and oxygen atoms in total. The Labute approximate surface area is 169 Å². The molecule has 150 valence electrons. The fourth-order valence-corrected chi connectivity index (χ4v) is 4.49. The van der Waals surface area contributed by atoms with E-state index in [-0.39, 0.29) is 17.4 Å². The van der Waals surface area contributed by atoms with E-state index in [0.717, 1.165) is 32.4 Å². The first-order valence-electron chi connectivity index (χ1n) is 10.3. The average molecular weight is 380 g/mol. The average Bonchev–Trinajstić information content (AvgIpc) is 2.74. The number of carbonyl (C=O) groups is 1. The van der Waals surface area contributed by atoms with Crippen LogP contribution in [0, 0.1) is 5.92 Å². The van der Waals surface area contributed by atoms with E-state index < -0.39 is 0 Å². The number of piperidine rings is 1. The summed E-state index contributed by atoms with van der Waals surface area (Å²) < 4.78 is 0. The van der Waals surface area contributed by atoms with Gasteiger partial charge in [0.05, 0.1) is 5.92 Å². The second kappa shape index (κ2) is 9.35. The third-order valence-corrected chi connectivity index (χ3v) is 6.19. The van der Waals surface area contributed by atoms with Crippen molar-refractivity contribution < 1.29 is 4.79 Å². The number of hydrogen-bond donors (Lipinski definition) is 1. The smallest absolute Gasteiger partial charge is 0.227 e. The van der Waals surface area contributed by atoms with Gasteiger partial charge in [-0.05, 0) is 51.5 Å². The number of nitrogens with zero attached hydrogens (tertiary/aromatic N) is 2. The van der Waals surface area contributed by atoms with Crippen LogP contribution in [0.15, 0.2) is 60.7 Å². The largest absolute Gasteiger partial charge is 0.342 e. The molecule has 1 atom stereocenters. The molecule has 1 fully saturated rings. The normalized spacial score (nSPS) is 17.5. The highest BCUT2D eigenvalue weighted by Crippen LogP contribution is 2.37. The second-order valence-electron chi connectivity index (χ2n) is 8.06. The summed E-state index contributed by atoms with van der Waals surface area (Å²) in [6, 6.07) is 21.1. The van der Waals surface area contributed by atoms with Crippen LogP contribution in [0.4, 0.5) is 0 Å². The number of carbonyl (C=O) groups excluding carboxylic acids is 1. The highest BCUT2D eigenvalue weighted by atomic mass is 16.2. The number of benzene rings is 2. The highest BCUT2D eigenvalue weighted by molar-refractivity contribution is 5.79. The summed E-state index contributed by atoms with van der Waals surface area (Å²) in [5, 5.41) is 3.21. The molecule has 1 amide bonds. The van der Waals surface area contributed by atoms with Crippen molar-refractivity contribution >= 4 is 5.91 Å². The fraction of sp³-hybridized carbons (Fsp3) is 0.458. The van der Waals surface area contributed by atoms with Crippen LogP contribution in [0.5, 0.6) is 0 Å². The quantitative estimate of drug-likeness (QED) is 0.803. The number of rotatable bonds is 7. The van der Waals surface area contributed by atoms with Gasteiger partial charge in [0.15, 0.2) is 0 Å². The molecule has 1 heterocycles. The van der Waals surface area contributed by atoms with Crippen molar-refractivity contribution in [3.05, 3.63) is 71.8 Å². The number of likely N-dealkylation sites (tertiary alicyclic amines) is 1. The number of hydrogen-bond acceptors (Lipinski definition) is 3. The van der Waals surface area contributed by atoms with Crippen LogP contribution < -0.4 is 5.32 Å². The van der Waals surface area contributed by atoms with Crippen molar-refractivity contribution in [2.45, 2.75) is 24.8 Å². The molecule has 2 aromatic carbocycles. The zero-order chi connectivity index (χ0) is 20.0. The van der Waals surface area contributed by atoms with Crippen LogP contribution in [0.2, 0.25) is 0 Å². The highest BCUT2D eigenvalue weighted by Gasteiger charge is 2.40. The van der Waals surface area contributed by atoms with Gasteiger partial charge in [-0.3, -0.25) is 9.69 Å². The Morgan fingerprint density at radius 1 is 1.04 bits per heavy atom. The van der Waals surface area contributed by atoms with E-state index in [1.54, 1.807) is 0 Å². The van der Waals surface area contributed by atoms with Crippen LogP contribution in [0.3, 0.4) is 0 Å². The van der Waals surface area contributed by atoms with Crippen LogP contribution >= 0.6 is 0 Å². The van der Waals surface area contributed by atoms with Crippen molar-refractivity contribution in [2.24, 2.45) is 5.92 Å². The first-order valence-corrected chi connectivity index (χ1v) is 10.3. The molecule has 28 heavy (non-hydrogen) atoms. The fourth-order valence-electron chi connectivity index (χ4n) is 4.49. The lowest BCUT2D eigenvalue weighted by atomic mass is 9.79. The van der Waals surface area contributed by atoms with Gasteiger partial charge < -0.3 is 10.2 Å². The Kier molecular flexibility index (Phi) is 6.87. The summed E-state index contributed by atoms with van der Waals surface area (Å²) in [7, 11) is 6.24. The Morgan fingerprint density at radius 3 is 2.14 bits per heavy atom. The number of nitrogens with one attached hydrogen (secondary N) is 1. The zero-order valence-corrected chi connectivity index (χ0v) is 17.4. The molecule has 0 aromatic heterocycles. The van der Waals surface area contributed by atoms with Crippen molar-refractivity contribution in [1.29, 1.82) is 0 Å². The van der Waals surface area contributed by atoms with Crippen molar-refractivity contribution in [3.63, 3.8) is 0 Å². The van der Waals surface area contributed by atoms with Gasteiger partial charge in [-0.1, -0.05) is 60.7 Å². The van der Waals surface area contributed by atoms with E-state index in [0.29, 0.717) is 6.54 Å². The SMILES string of the molecule is CNCC(Cc1ccccc1)C(=O)N1CCC(c2ccccc2)(N(C)C)CC1. The molecule has 3 rings (SSSR count). The maximum Gasteiger partial charge on any atom is 0.227 e. The standard InChI is InChI=1S/C24H33N3O/c1-25-19-21(18-20-10-6-4-7-11-20)23(28)27-16-14-24(15-17-27,26(2)3)22-12-8-5-9-13-22/h4-13,21,25H,14-19H2,1-3H3. The molecule has 0 aliphatic carbocycles. The first kappa shape index (κ1) is 20.6. The molecule has 2 aromatic rings. The summed E-state index contributed by atoms with van der Waals surface area (Å²) in [5.41, 5.74) is 2.58. The van der Waals surface area contributed by atoms with E-state index in [2.05, 4.69) is 71.7 Å². The molecule has 0 bridgehead atoms. The molecule has 4 heteroatoms. The van der Waals surface area contributed by atoms with Crippen molar-refractivity contribution in [3.8, 4) is 0 Å². The lowest BCUT2D eigenvalue weighted by Gasteiger charge is -2.47. The van der Waals surface area contributed by atoms with E-state index in [1.165, 1.54) is 11.1 Å². The zero-order valence-electron chi connectivity index (χ0n) is 17.4. The lowest BCUT2D eigenvalue weighted by molar-refractivity contribution is -0.138. The molecule has 1 unspecified atom stereocenters. The van der Waals surface area contributed by atoms with Gasteiger partial charge in [0.1, 0.15) is 0 Å². The van der Waals surface area contributed by atoms with Gasteiger partial charge in [-0.2, -0.15) is 0 Å². The molecule has 1 N–H and O–H groups in total. The molecule has 0 spiro atoms. The maximum absolute atomic E-state index is 13.3. The van der Waals surface area contributed by atoms with Crippen LogP contribution in [-0.4, -0.2) is 56.5 Å². The van der Waals surface area contributed by atoms with E-state index in [9.17, 15) is 4.79 Å². The van der Waals surface area contributed by atoms with Crippen molar-refractivity contribution in [2.75, 3.05) is 40.8 Å². The minimum atomic E-state index is -0.0176. The molecule has 0 saturated carbocycles. The van der Waals surface area contributed by atoms with Gasteiger partial charge in [-0.15, -0.1) is 0 Å². The van der Waals surface area contributed by atoms with Gasteiger partial charge in [-0.25, -0.2) is 0 Å². The van der Waals surface area contributed by atoms with E-state index in [1.807, 2.05) is 25.2 Å². The maximum atomic E-state index is 13.3. The predicted molar refractivity (Wildman–Crippen MR) is 115 cm³/mol. The monoisotopic (exact) mass is 379 g/mol. The molecule has 1 aliphatic rings. The third-order valence-electron chi connectivity index (χ3n) is 6.19. The summed E-state index contributed by atoms with van der Waals surface area (Å²) in [6.07, 6.45) is 2.72. The molecule has 1 saturated heterocycles. The molecule has 1 aliphatic heterocycles. The van der Waals surface area contributed by atoms with Crippen molar-refractivity contribution in [1.82, 2.24) is 15.1 Å². The summed E-state index contributed by atoms with van der Waals surface area (Å²) in [5.74, 6) is 0.259. The predicted octanol–water partition coefficient (Wildman–Crippen LogP) is 3.14. The minimum absolute atomic E-state index is 0.00989. The topological polar surface area (TPSA) is 35.6 Å². The lowest BCUT2D eigenvalue weighted by Crippen LogP contribution is -2.53. The van der Waals surface area contributed by atoms with Gasteiger partial charge in [0.2, 0.25) is 5.91 Å². The molecular weight excluding hydrogens is 346 g/mol. The second-order valence-corrected chi connectivity index (χ2v) is 8.06. The minimum Gasteiger partial charge on any atom is -0.342 e. The first-order chi connectivity index (χ1) is 13.6. The van der Waals surface area contributed by atoms with Crippen LogP contribution in [0.25, 0.3) is 0 Å². The Hall–Kier alpha value is -2.17. The van der Waals surface area contributed by atoms with E-state index >= 15 is 0 Å². The van der Waals surface area contributed by atoms with Crippen LogP contribution in [-0.2, 0) is 16.8 Å².